The standard InChI is InChI=1S/C7H9N5/c8-12-7-10-4-6(11-7)5-2-1-3-9-5/h1-4,9H,8H2,(H2,10,11,12). The van der Waals surface area contributed by atoms with Gasteiger partial charge in [0.15, 0.2) is 0 Å². The SMILES string of the molecule is NNc1ncc(-c2ccc[nH]2)[nH]1. The number of H-pyrrole nitrogens is 2. The van der Waals surface area contributed by atoms with E-state index in [1.807, 2.05) is 18.3 Å². The molecule has 0 fully saturated rings. The van der Waals surface area contributed by atoms with Crippen LogP contribution in [-0.4, -0.2) is 15.0 Å². The molecule has 5 nitrogen and oxygen atoms in total. The van der Waals surface area contributed by atoms with E-state index in [0.717, 1.165) is 11.4 Å². The van der Waals surface area contributed by atoms with Crippen molar-refractivity contribution < 1.29 is 0 Å². The summed E-state index contributed by atoms with van der Waals surface area (Å²) in [6, 6.07) is 3.87. The van der Waals surface area contributed by atoms with Crippen LogP contribution in [0.25, 0.3) is 11.4 Å². The van der Waals surface area contributed by atoms with Crippen LogP contribution in [0, 0.1) is 0 Å². The number of anilines is 1. The molecular formula is C7H9N5. The Bertz CT molecular complexity index is 348. The molecule has 0 unspecified atom stereocenters. The fourth-order valence-corrected chi connectivity index (χ4v) is 1.03. The molecule has 0 radical (unpaired) electrons. The van der Waals surface area contributed by atoms with Crippen molar-refractivity contribution >= 4 is 5.95 Å². The first-order valence-corrected chi connectivity index (χ1v) is 3.55. The van der Waals surface area contributed by atoms with Crippen LogP contribution in [-0.2, 0) is 0 Å². The lowest BCUT2D eigenvalue weighted by Gasteiger charge is -1.91. The van der Waals surface area contributed by atoms with E-state index in [1.54, 1.807) is 6.20 Å². The second-order valence-electron chi connectivity index (χ2n) is 2.37. The number of hydrogen-bond acceptors (Lipinski definition) is 3. The summed E-state index contributed by atoms with van der Waals surface area (Å²) in [7, 11) is 0. The minimum atomic E-state index is 0.555. The third-order valence-electron chi connectivity index (χ3n) is 1.60. The minimum absolute atomic E-state index is 0.555. The highest BCUT2D eigenvalue weighted by Crippen LogP contribution is 2.14. The van der Waals surface area contributed by atoms with Gasteiger partial charge in [-0.25, -0.2) is 10.8 Å². The normalized spacial score (nSPS) is 10.1. The summed E-state index contributed by atoms with van der Waals surface area (Å²) in [5.74, 6) is 5.72. The quantitative estimate of drug-likeness (QED) is 0.388. The molecule has 0 aliphatic carbocycles. The van der Waals surface area contributed by atoms with E-state index >= 15 is 0 Å². The maximum atomic E-state index is 5.16. The van der Waals surface area contributed by atoms with E-state index in [-0.39, 0.29) is 0 Å². The van der Waals surface area contributed by atoms with Gasteiger partial charge in [-0.1, -0.05) is 0 Å². The Labute approximate surface area is 69.0 Å². The van der Waals surface area contributed by atoms with Gasteiger partial charge in [-0.2, -0.15) is 0 Å². The molecule has 2 rings (SSSR count). The summed E-state index contributed by atoms with van der Waals surface area (Å²) in [6.45, 7) is 0. The van der Waals surface area contributed by atoms with Gasteiger partial charge >= 0.3 is 0 Å². The number of aromatic nitrogens is 3. The fourth-order valence-electron chi connectivity index (χ4n) is 1.03. The Kier molecular flexibility index (Phi) is 1.56. The van der Waals surface area contributed by atoms with E-state index in [0.29, 0.717) is 5.95 Å². The Morgan fingerprint density at radius 2 is 2.33 bits per heavy atom. The maximum absolute atomic E-state index is 5.16. The van der Waals surface area contributed by atoms with Crippen molar-refractivity contribution in [2.45, 2.75) is 0 Å². The van der Waals surface area contributed by atoms with Crippen LogP contribution in [0.2, 0.25) is 0 Å². The highest BCUT2D eigenvalue weighted by Gasteiger charge is 2.00. The molecule has 0 bridgehead atoms. The number of nitrogen functional groups attached to an aromatic ring is 1. The largest absolute Gasteiger partial charge is 0.360 e. The van der Waals surface area contributed by atoms with Crippen LogP contribution in [0.3, 0.4) is 0 Å². The molecule has 0 saturated heterocycles. The molecule has 2 heterocycles. The highest BCUT2D eigenvalue weighted by molar-refractivity contribution is 5.55. The number of hydrazine groups is 1. The zero-order valence-electron chi connectivity index (χ0n) is 6.33. The highest BCUT2D eigenvalue weighted by atomic mass is 15.3. The van der Waals surface area contributed by atoms with Gasteiger partial charge in [0.05, 0.1) is 17.6 Å². The average Bonchev–Trinajstić information content (AvgIpc) is 2.75. The Morgan fingerprint density at radius 1 is 1.42 bits per heavy atom. The van der Waals surface area contributed by atoms with Crippen LogP contribution >= 0.6 is 0 Å². The van der Waals surface area contributed by atoms with Gasteiger partial charge < -0.3 is 9.97 Å². The molecule has 0 saturated carbocycles. The first-order valence-electron chi connectivity index (χ1n) is 3.55. The molecule has 0 amide bonds. The van der Waals surface area contributed by atoms with Crippen molar-refractivity contribution in [3.63, 3.8) is 0 Å². The summed E-state index contributed by atoms with van der Waals surface area (Å²) >= 11 is 0. The smallest absolute Gasteiger partial charge is 0.215 e. The fraction of sp³-hybridized carbons (Fsp3) is 0. The lowest BCUT2D eigenvalue weighted by Crippen LogP contribution is -2.07. The van der Waals surface area contributed by atoms with Crippen LogP contribution in [0.15, 0.2) is 24.5 Å². The van der Waals surface area contributed by atoms with Gasteiger partial charge in [0.1, 0.15) is 0 Å². The zero-order valence-corrected chi connectivity index (χ0v) is 6.33. The molecule has 12 heavy (non-hydrogen) atoms. The topological polar surface area (TPSA) is 82.5 Å². The number of rotatable bonds is 2. The summed E-state index contributed by atoms with van der Waals surface area (Å²) in [5, 5.41) is 0. The van der Waals surface area contributed by atoms with Crippen LogP contribution in [0.1, 0.15) is 0 Å². The van der Waals surface area contributed by atoms with Gasteiger partial charge in [0.25, 0.3) is 0 Å². The molecule has 0 atom stereocenters. The van der Waals surface area contributed by atoms with Crippen LogP contribution in [0.4, 0.5) is 5.95 Å². The molecule has 2 aromatic rings. The van der Waals surface area contributed by atoms with Crippen LogP contribution < -0.4 is 11.3 Å². The second-order valence-corrected chi connectivity index (χ2v) is 2.37. The maximum Gasteiger partial charge on any atom is 0.215 e. The Balaban J connectivity index is 2.35. The van der Waals surface area contributed by atoms with E-state index in [2.05, 4.69) is 20.4 Å². The van der Waals surface area contributed by atoms with Crippen molar-refractivity contribution in [2.75, 3.05) is 5.43 Å². The van der Waals surface area contributed by atoms with Gasteiger partial charge in [0, 0.05) is 6.20 Å². The van der Waals surface area contributed by atoms with Gasteiger partial charge in [-0.05, 0) is 12.1 Å². The minimum Gasteiger partial charge on any atom is -0.360 e. The third kappa shape index (κ3) is 1.06. The number of nitrogens with one attached hydrogen (secondary N) is 3. The predicted molar refractivity (Wildman–Crippen MR) is 46.2 cm³/mol. The molecule has 0 aromatic carbocycles. The van der Waals surface area contributed by atoms with E-state index in [1.165, 1.54) is 0 Å². The number of nitrogens with zero attached hydrogens (tertiary/aromatic N) is 1. The Morgan fingerprint density at radius 3 is 2.92 bits per heavy atom. The van der Waals surface area contributed by atoms with Gasteiger partial charge in [-0.3, -0.25) is 5.43 Å². The van der Waals surface area contributed by atoms with Crippen molar-refractivity contribution in [2.24, 2.45) is 5.84 Å². The monoisotopic (exact) mass is 163 g/mol. The van der Waals surface area contributed by atoms with Crippen LogP contribution in [0.5, 0.6) is 0 Å². The van der Waals surface area contributed by atoms with Crippen molar-refractivity contribution in [1.82, 2.24) is 15.0 Å². The zero-order chi connectivity index (χ0) is 8.39. The second kappa shape index (κ2) is 2.71. The molecule has 5 N–H and O–H groups in total. The molecular weight excluding hydrogens is 154 g/mol. The van der Waals surface area contributed by atoms with Crippen molar-refractivity contribution in [1.29, 1.82) is 0 Å². The first kappa shape index (κ1) is 6.93. The molecule has 62 valence electrons. The molecule has 5 heteroatoms. The van der Waals surface area contributed by atoms with Crippen molar-refractivity contribution in [3.05, 3.63) is 24.5 Å². The predicted octanol–water partition coefficient (Wildman–Crippen LogP) is 0.690. The third-order valence-corrected chi connectivity index (χ3v) is 1.60. The van der Waals surface area contributed by atoms with E-state index < -0.39 is 0 Å². The lowest BCUT2D eigenvalue weighted by atomic mass is 10.3. The number of aromatic amines is 2. The Hall–Kier alpha value is -1.75. The molecule has 0 aliphatic heterocycles. The first-order chi connectivity index (χ1) is 5.90. The molecule has 0 aliphatic rings. The molecule has 0 spiro atoms. The lowest BCUT2D eigenvalue weighted by molar-refractivity contribution is 1.20. The van der Waals surface area contributed by atoms with Gasteiger partial charge in [0.2, 0.25) is 5.95 Å². The van der Waals surface area contributed by atoms with E-state index in [4.69, 9.17) is 5.84 Å². The number of imidazole rings is 1. The number of hydrogen-bond donors (Lipinski definition) is 4. The summed E-state index contributed by atoms with van der Waals surface area (Å²) in [5.41, 5.74) is 4.33. The summed E-state index contributed by atoms with van der Waals surface area (Å²) in [4.78, 5) is 10.0. The number of nitrogens with two attached hydrogens (primary N) is 1. The van der Waals surface area contributed by atoms with E-state index in [9.17, 15) is 0 Å². The molecule has 2 aromatic heterocycles. The average molecular weight is 163 g/mol. The van der Waals surface area contributed by atoms with Crippen molar-refractivity contribution in [3.8, 4) is 11.4 Å². The summed E-state index contributed by atoms with van der Waals surface area (Å²) < 4.78 is 0. The summed E-state index contributed by atoms with van der Waals surface area (Å²) in [6.07, 6.45) is 3.56. The van der Waals surface area contributed by atoms with Gasteiger partial charge in [-0.15, -0.1) is 0 Å².